The Labute approximate surface area is 211 Å². The first-order valence-electron chi connectivity index (χ1n) is 12.5. The fraction of sp³-hybridized carbons (Fsp3) is 0.379. The van der Waals surface area contributed by atoms with Gasteiger partial charge in [-0.15, -0.1) is 0 Å². The molecule has 0 bridgehead atoms. The lowest BCUT2D eigenvalue weighted by Gasteiger charge is -2.35. The minimum Gasteiger partial charge on any atom is -0.456 e. The van der Waals surface area contributed by atoms with Gasteiger partial charge in [-0.05, 0) is 37.6 Å². The number of hydrogen-bond acceptors (Lipinski definition) is 6. The van der Waals surface area contributed by atoms with Crippen LogP contribution in [0.5, 0.6) is 11.5 Å². The van der Waals surface area contributed by atoms with E-state index in [1.165, 1.54) is 0 Å². The van der Waals surface area contributed by atoms with Crippen molar-refractivity contribution in [1.29, 1.82) is 0 Å². The molecule has 2 aliphatic heterocycles. The quantitative estimate of drug-likeness (QED) is 0.495. The van der Waals surface area contributed by atoms with E-state index in [0.29, 0.717) is 43.4 Å². The topological polar surface area (TPSA) is 59.5 Å². The van der Waals surface area contributed by atoms with Crippen LogP contribution >= 0.6 is 0 Å². The first kappa shape index (κ1) is 24.2. The number of aryl methyl sites for hydroxylation is 1. The van der Waals surface area contributed by atoms with Gasteiger partial charge in [0, 0.05) is 73.3 Å². The van der Waals surface area contributed by atoms with Crippen molar-refractivity contribution in [3.8, 4) is 34.6 Å². The molecule has 3 aromatic rings. The highest BCUT2D eigenvalue weighted by atomic mass is 19.1. The van der Waals surface area contributed by atoms with Crippen LogP contribution in [-0.2, 0) is 10.4 Å². The molecule has 1 N–H and O–H groups in total. The second-order valence-corrected chi connectivity index (χ2v) is 9.27. The maximum absolute atomic E-state index is 14.8. The van der Waals surface area contributed by atoms with E-state index in [-0.39, 0.29) is 0 Å². The van der Waals surface area contributed by atoms with Crippen LogP contribution in [-0.4, -0.2) is 49.4 Å². The second kappa shape index (κ2) is 10.7. The van der Waals surface area contributed by atoms with Crippen molar-refractivity contribution in [2.24, 2.45) is 0 Å². The molecule has 0 unspecified atom stereocenters. The van der Waals surface area contributed by atoms with Gasteiger partial charge in [0.1, 0.15) is 17.3 Å². The van der Waals surface area contributed by atoms with Crippen molar-refractivity contribution in [2.45, 2.75) is 32.4 Å². The molecule has 36 heavy (non-hydrogen) atoms. The van der Waals surface area contributed by atoms with Crippen LogP contribution in [0, 0.1) is 18.8 Å². The van der Waals surface area contributed by atoms with E-state index >= 15 is 0 Å². The predicted molar refractivity (Wildman–Crippen MR) is 139 cm³/mol. The number of hydrogen-bond donors (Lipinski definition) is 1. The van der Waals surface area contributed by atoms with Gasteiger partial charge < -0.3 is 19.7 Å². The lowest BCUT2D eigenvalue weighted by Crippen LogP contribution is -2.53. The molecule has 2 aromatic heterocycles. The summed E-state index contributed by atoms with van der Waals surface area (Å²) in [7, 11) is 0. The smallest absolute Gasteiger partial charge is 0.162 e. The number of unbranched alkanes of at least 4 members (excludes halogenated alkanes) is 1. The number of nitrogens with one attached hydrogen (secondary N) is 1. The summed E-state index contributed by atoms with van der Waals surface area (Å²) >= 11 is 0. The summed E-state index contributed by atoms with van der Waals surface area (Å²) in [6.45, 7) is 7.68. The van der Waals surface area contributed by atoms with Crippen molar-refractivity contribution in [3.63, 3.8) is 0 Å². The first-order valence-corrected chi connectivity index (χ1v) is 12.5. The number of alkyl halides is 1. The highest BCUT2D eigenvalue weighted by Crippen LogP contribution is 2.36. The van der Waals surface area contributed by atoms with Gasteiger partial charge in [0.2, 0.25) is 0 Å². The number of ether oxygens (including phenoxy) is 2. The monoisotopic (exact) mass is 486 g/mol. The van der Waals surface area contributed by atoms with Gasteiger partial charge in [0.25, 0.3) is 0 Å². The first-order chi connectivity index (χ1) is 17.5. The molecule has 0 atom stereocenters. The van der Waals surface area contributed by atoms with Crippen LogP contribution in [0.1, 0.15) is 36.6 Å². The Bertz CT molecular complexity index is 1270. The molecule has 6 nitrogen and oxygen atoms in total. The molecule has 0 saturated carbocycles. The molecule has 7 heteroatoms. The van der Waals surface area contributed by atoms with Crippen LogP contribution in [0.15, 0.2) is 48.7 Å². The van der Waals surface area contributed by atoms with Gasteiger partial charge in [-0.2, -0.15) is 0 Å². The SMILES string of the molecule is CCCC#Cc1ccc(-c2ccc(C3(F)CNC3)cn2)c(Oc2cc(C)nc(N3CCOCC3)c2)c1. The molecule has 0 amide bonds. The maximum atomic E-state index is 14.8. The number of nitrogens with zero attached hydrogens (tertiary/aromatic N) is 3. The molecule has 2 fully saturated rings. The third-order valence-electron chi connectivity index (χ3n) is 6.43. The van der Waals surface area contributed by atoms with Crippen molar-refractivity contribution in [2.75, 3.05) is 44.3 Å². The molecule has 0 radical (unpaired) electrons. The summed E-state index contributed by atoms with van der Waals surface area (Å²) in [5, 5.41) is 2.99. The summed E-state index contributed by atoms with van der Waals surface area (Å²) in [6, 6.07) is 13.5. The molecular weight excluding hydrogens is 455 g/mol. The second-order valence-electron chi connectivity index (χ2n) is 9.27. The number of rotatable bonds is 6. The third kappa shape index (κ3) is 5.35. The van der Waals surface area contributed by atoms with E-state index in [1.54, 1.807) is 6.20 Å². The highest BCUT2D eigenvalue weighted by molar-refractivity contribution is 5.70. The van der Waals surface area contributed by atoms with E-state index in [2.05, 4.69) is 34.0 Å². The van der Waals surface area contributed by atoms with E-state index in [9.17, 15) is 4.39 Å². The summed E-state index contributed by atoms with van der Waals surface area (Å²) in [5.74, 6) is 8.65. The minimum absolute atomic E-state index is 0.320. The van der Waals surface area contributed by atoms with Crippen molar-refractivity contribution in [1.82, 2.24) is 15.3 Å². The van der Waals surface area contributed by atoms with E-state index in [4.69, 9.17) is 14.5 Å². The molecule has 186 valence electrons. The largest absolute Gasteiger partial charge is 0.456 e. The fourth-order valence-electron chi connectivity index (χ4n) is 4.31. The van der Waals surface area contributed by atoms with Gasteiger partial charge in [0.05, 0.1) is 18.9 Å². The zero-order valence-electron chi connectivity index (χ0n) is 20.8. The van der Waals surface area contributed by atoms with Gasteiger partial charge in [-0.3, -0.25) is 4.98 Å². The number of benzene rings is 1. The summed E-state index contributed by atoms with van der Waals surface area (Å²) in [5.41, 5.74) is 2.55. The van der Waals surface area contributed by atoms with Crippen LogP contribution in [0.4, 0.5) is 10.2 Å². The Morgan fingerprint density at radius 2 is 1.97 bits per heavy atom. The minimum atomic E-state index is -1.34. The van der Waals surface area contributed by atoms with E-state index < -0.39 is 5.67 Å². The van der Waals surface area contributed by atoms with Crippen LogP contribution < -0.4 is 15.0 Å². The standard InChI is InChI=1S/C29H31FN4O2/c1-3-4-5-6-22-7-9-25(26-10-8-23(18-32-26)29(30)19-31-20-29)27(16-22)36-24-15-21(2)33-28(17-24)34-11-13-35-14-12-34/h7-10,15-18,31H,3-4,11-14,19-20H2,1-2H3. The number of pyridine rings is 2. The molecule has 4 heterocycles. The van der Waals surface area contributed by atoms with E-state index in [1.807, 2.05) is 49.4 Å². The molecule has 1 aromatic carbocycles. The summed E-state index contributed by atoms with van der Waals surface area (Å²) in [4.78, 5) is 11.5. The average Bonchev–Trinajstić information content (AvgIpc) is 2.88. The zero-order chi connectivity index (χ0) is 25.0. The van der Waals surface area contributed by atoms with E-state index in [0.717, 1.165) is 54.3 Å². The normalized spacial score (nSPS) is 16.6. The van der Waals surface area contributed by atoms with Crippen molar-refractivity contribution >= 4 is 5.82 Å². The van der Waals surface area contributed by atoms with Crippen LogP contribution in [0.25, 0.3) is 11.3 Å². The molecule has 2 saturated heterocycles. The maximum Gasteiger partial charge on any atom is 0.162 e. The van der Waals surface area contributed by atoms with Crippen LogP contribution in [0.3, 0.4) is 0 Å². The Balaban J connectivity index is 1.48. The number of halogens is 1. The number of aromatic nitrogens is 2. The molecule has 0 spiro atoms. The summed E-state index contributed by atoms with van der Waals surface area (Å²) < 4.78 is 26.8. The van der Waals surface area contributed by atoms with Gasteiger partial charge >= 0.3 is 0 Å². The zero-order valence-corrected chi connectivity index (χ0v) is 20.8. The molecular formula is C29H31FN4O2. The highest BCUT2D eigenvalue weighted by Gasteiger charge is 2.39. The van der Waals surface area contributed by atoms with Crippen molar-refractivity contribution in [3.05, 3.63) is 65.5 Å². The average molecular weight is 487 g/mol. The Kier molecular flexibility index (Phi) is 7.17. The van der Waals surface area contributed by atoms with Gasteiger partial charge in [-0.1, -0.05) is 24.8 Å². The Hall–Kier alpha value is -3.47. The van der Waals surface area contributed by atoms with Crippen LogP contribution in [0.2, 0.25) is 0 Å². The number of anilines is 1. The molecule has 0 aliphatic carbocycles. The Morgan fingerprint density at radius 3 is 2.67 bits per heavy atom. The third-order valence-corrected chi connectivity index (χ3v) is 6.43. The lowest BCUT2D eigenvalue weighted by molar-refractivity contribution is 0.0888. The predicted octanol–water partition coefficient (Wildman–Crippen LogP) is 5.00. The van der Waals surface area contributed by atoms with Crippen molar-refractivity contribution < 1.29 is 13.9 Å². The summed E-state index contributed by atoms with van der Waals surface area (Å²) in [6.07, 6.45) is 3.48. The fourth-order valence-corrected chi connectivity index (χ4v) is 4.31. The van der Waals surface area contributed by atoms with Gasteiger partial charge in [-0.25, -0.2) is 9.37 Å². The Morgan fingerprint density at radius 1 is 1.14 bits per heavy atom. The number of morpholine rings is 1. The molecule has 5 rings (SSSR count). The van der Waals surface area contributed by atoms with Gasteiger partial charge in [0.15, 0.2) is 5.67 Å². The lowest BCUT2D eigenvalue weighted by atomic mass is 9.91. The molecule has 2 aliphatic rings.